The van der Waals surface area contributed by atoms with Gasteiger partial charge in [0.05, 0.1) is 12.6 Å². The van der Waals surface area contributed by atoms with E-state index in [0.29, 0.717) is 12.0 Å². The molecule has 0 aromatic heterocycles. The molecule has 2 heterocycles. The molecule has 3 heteroatoms. The number of aliphatic imine (C=N–C) groups is 1. The van der Waals surface area contributed by atoms with Crippen LogP contribution in [-0.4, -0.2) is 37.0 Å². The normalized spacial score (nSPS) is 30.7. The minimum Gasteiger partial charge on any atom is -0.384 e. The van der Waals surface area contributed by atoms with Gasteiger partial charge in [0.25, 0.3) is 0 Å². The maximum atomic E-state index is 5.24. The summed E-state index contributed by atoms with van der Waals surface area (Å²) in [4.78, 5) is 7.00. The third-order valence-electron chi connectivity index (χ3n) is 3.50. The van der Waals surface area contributed by atoms with Crippen molar-refractivity contribution in [2.75, 3.05) is 20.3 Å². The SMILES string of the molecule is COCC1CC2=C(C)C(C)N=C(C)N2C1. The minimum absolute atomic E-state index is 0.359. The molecule has 1 fully saturated rings. The molecule has 0 amide bonds. The van der Waals surface area contributed by atoms with Crippen molar-refractivity contribution in [3.05, 3.63) is 11.3 Å². The van der Waals surface area contributed by atoms with Crippen molar-refractivity contribution in [1.82, 2.24) is 4.90 Å². The first-order valence-corrected chi connectivity index (χ1v) is 5.64. The molecule has 0 radical (unpaired) electrons. The first-order valence-electron chi connectivity index (χ1n) is 5.64. The van der Waals surface area contributed by atoms with E-state index in [9.17, 15) is 0 Å². The van der Waals surface area contributed by atoms with Crippen LogP contribution in [0.4, 0.5) is 0 Å². The Morgan fingerprint density at radius 1 is 1.47 bits per heavy atom. The number of amidine groups is 1. The Hall–Kier alpha value is -0.830. The summed E-state index contributed by atoms with van der Waals surface area (Å²) in [6.45, 7) is 8.42. The maximum Gasteiger partial charge on any atom is 0.101 e. The number of ether oxygens (including phenoxy) is 1. The largest absolute Gasteiger partial charge is 0.384 e. The zero-order chi connectivity index (χ0) is 11.0. The predicted molar refractivity (Wildman–Crippen MR) is 62.0 cm³/mol. The Kier molecular flexibility index (Phi) is 2.83. The molecule has 2 atom stereocenters. The van der Waals surface area contributed by atoms with Crippen LogP contribution < -0.4 is 0 Å². The van der Waals surface area contributed by atoms with Crippen molar-refractivity contribution < 1.29 is 4.74 Å². The topological polar surface area (TPSA) is 24.8 Å². The number of hydrogen-bond donors (Lipinski definition) is 0. The van der Waals surface area contributed by atoms with Crippen LogP contribution in [-0.2, 0) is 4.74 Å². The zero-order valence-electron chi connectivity index (χ0n) is 10.1. The Morgan fingerprint density at radius 3 is 2.87 bits per heavy atom. The molecule has 0 aromatic carbocycles. The Bertz CT molecular complexity index is 320. The van der Waals surface area contributed by atoms with Crippen LogP contribution in [0.5, 0.6) is 0 Å². The van der Waals surface area contributed by atoms with E-state index in [4.69, 9.17) is 4.74 Å². The van der Waals surface area contributed by atoms with Gasteiger partial charge in [-0.25, -0.2) is 0 Å². The van der Waals surface area contributed by atoms with Crippen LogP contribution in [0.3, 0.4) is 0 Å². The van der Waals surface area contributed by atoms with Crippen molar-refractivity contribution >= 4 is 5.84 Å². The first kappa shape index (κ1) is 10.7. The lowest BCUT2D eigenvalue weighted by Crippen LogP contribution is -2.31. The molecular weight excluding hydrogens is 188 g/mol. The lowest BCUT2D eigenvalue weighted by molar-refractivity contribution is 0.157. The fourth-order valence-electron chi connectivity index (χ4n) is 2.55. The van der Waals surface area contributed by atoms with Gasteiger partial charge in [0.15, 0.2) is 0 Å². The van der Waals surface area contributed by atoms with Crippen LogP contribution >= 0.6 is 0 Å². The van der Waals surface area contributed by atoms with Gasteiger partial charge in [-0.15, -0.1) is 0 Å². The van der Waals surface area contributed by atoms with E-state index in [1.54, 1.807) is 7.11 Å². The van der Waals surface area contributed by atoms with Gasteiger partial charge in [0.1, 0.15) is 5.84 Å². The summed E-state index contributed by atoms with van der Waals surface area (Å²) >= 11 is 0. The van der Waals surface area contributed by atoms with Gasteiger partial charge in [-0.05, 0) is 32.8 Å². The number of allylic oxidation sites excluding steroid dienone is 1. The molecule has 84 valence electrons. The van der Waals surface area contributed by atoms with E-state index < -0.39 is 0 Å². The number of methoxy groups -OCH3 is 1. The Balaban J connectivity index is 2.21. The lowest BCUT2D eigenvalue weighted by Gasteiger charge is -2.28. The quantitative estimate of drug-likeness (QED) is 0.694. The smallest absolute Gasteiger partial charge is 0.101 e. The Morgan fingerprint density at radius 2 is 2.20 bits per heavy atom. The maximum absolute atomic E-state index is 5.24. The third-order valence-corrected chi connectivity index (χ3v) is 3.50. The van der Waals surface area contributed by atoms with Crippen molar-refractivity contribution in [2.24, 2.45) is 10.9 Å². The molecule has 0 saturated carbocycles. The van der Waals surface area contributed by atoms with E-state index >= 15 is 0 Å². The van der Waals surface area contributed by atoms with E-state index in [2.05, 4.69) is 30.7 Å². The number of nitrogens with zero attached hydrogens (tertiary/aromatic N) is 2. The molecule has 2 unspecified atom stereocenters. The summed E-state index contributed by atoms with van der Waals surface area (Å²) < 4.78 is 5.24. The van der Waals surface area contributed by atoms with Crippen molar-refractivity contribution in [1.29, 1.82) is 0 Å². The first-order chi connectivity index (χ1) is 7.13. The van der Waals surface area contributed by atoms with E-state index in [-0.39, 0.29) is 0 Å². The second-order valence-electron chi connectivity index (χ2n) is 4.62. The highest BCUT2D eigenvalue weighted by atomic mass is 16.5. The molecule has 15 heavy (non-hydrogen) atoms. The van der Waals surface area contributed by atoms with Crippen molar-refractivity contribution in [2.45, 2.75) is 33.2 Å². The summed E-state index contributed by atoms with van der Waals surface area (Å²) in [6.07, 6.45) is 1.15. The molecule has 0 aromatic rings. The average Bonchev–Trinajstić information content (AvgIpc) is 2.60. The van der Waals surface area contributed by atoms with Crippen LogP contribution in [0.2, 0.25) is 0 Å². The second kappa shape index (κ2) is 3.97. The molecule has 0 aliphatic carbocycles. The van der Waals surface area contributed by atoms with E-state index in [0.717, 1.165) is 19.6 Å². The lowest BCUT2D eigenvalue weighted by atomic mass is 10.0. The van der Waals surface area contributed by atoms with Gasteiger partial charge in [-0.2, -0.15) is 0 Å². The minimum atomic E-state index is 0.359. The van der Waals surface area contributed by atoms with E-state index in [1.165, 1.54) is 17.1 Å². The Labute approximate surface area is 91.8 Å². The van der Waals surface area contributed by atoms with Gasteiger partial charge in [0, 0.05) is 25.3 Å². The highest BCUT2D eigenvalue weighted by molar-refractivity contribution is 5.83. The number of hydrogen-bond acceptors (Lipinski definition) is 3. The molecule has 2 aliphatic heterocycles. The number of rotatable bonds is 2. The summed E-state index contributed by atoms with van der Waals surface area (Å²) in [6, 6.07) is 0.359. The van der Waals surface area contributed by atoms with Gasteiger partial charge in [-0.1, -0.05) is 0 Å². The van der Waals surface area contributed by atoms with Crippen LogP contribution in [0, 0.1) is 5.92 Å². The molecule has 0 N–H and O–H groups in total. The number of fused-ring (bicyclic) bond motifs is 1. The van der Waals surface area contributed by atoms with Crippen LogP contribution in [0.1, 0.15) is 27.2 Å². The monoisotopic (exact) mass is 208 g/mol. The highest BCUT2D eigenvalue weighted by Crippen LogP contribution is 2.33. The van der Waals surface area contributed by atoms with Gasteiger partial charge in [-0.3, -0.25) is 4.99 Å². The van der Waals surface area contributed by atoms with Crippen molar-refractivity contribution in [3.8, 4) is 0 Å². The van der Waals surface area contributed by atoms with E-state index in [1.807, 2.05) is 0 Å². The molecule has 2 aliphatic rings. The zero-order valence-corrected chi connectivity index (χ0v) is 10.1. The fourth-order valence-corrected chi connectivity index (χ4v) is 2.55. The summed E-state index contributed by atoms with van der Waals surface area (Å²) in [5.74, 6) is 1.80. The summed E-state index contributed by atoms with van der Waals surface area (Å²) in [5.41, 5.74) is 2.91. The summed E-state index contributed by atoms with van der Waals surface area (Å²) in [7, 11) is 1.78. The van der Waals surface area contributed by atoms with Gasteiger partial charge in [0.2, 0.25) is 0 Å². The molecule has 0 spiro atoms. The highest BCUT2D eigenvalue weighted by Gasteiger charge is 2.32. The molecule has 0 bridgehead atoms. The standard InChI is InChI=1S/C12H20N2O/c1-8-9(2)13-10(3)14-6-11(7-15-4)5-12(8)14/h9,11H,5-7H2,1-4H3. The fraction of sp³-hybridized carbons (Fsp3) is 0.750. The second-order valence-corrected chi connectivity index (χ2v) is 4.62. The summed E-state index contributed by atoms with van der Waals surface area (Å²) in [5, 5.41) is 0. The molecule has 1 saturated heterocycles. The molecule has 3 nitrogen and oxygen atoms in total. The van der Waals surface area contributed by atoms with Crippen molar-refractivity contribution in [3.63, 3.8) is 0 Å². The van der Waals surface area contributed by atoms with Crippen LogP contribution in [0.15, 0.2) is 16.3 Å². The molecule has 2 rings (SSSR count). The molecular formula is C12H20N2O. The van der Waals surface area contributed by atoms with Crippen LogP contribution in [0.25, 0.3) is 0 Å². The van der Waals surface area contributed by atoms with Gasteiger partial charge < -0.3 is 9.64 Å². The van der Waals surface area contributed by atoms with Gasteiger partial charge >= 0.3 is 0 Å². The third kappa shape index (κ3) is 1.81. The average molecular weight is 208 g/mol. The predicted octanol–water partition coefficient (Wildman–Crippen LogP) is 2.05.